The standard InChI is InChI=1S/C12H24N6O/c1-3-5-18-12(15-10-16-18)9-17(7-8-19-2)6-4-11(13)14/h10H,3-9H2,1-2H3,(H3,13,14). The predicted molar refractivity (Wildman–Crippen MR) is 74.0 cm³/mol. The van der Waals surface area contributed by atoms with Gasteiger partial charge in [0.05, 0.1) is 19.0 Å². The third kappa shape index (κ3) is 5.80. The van der Waals surface area contributed by atoms with E-state index in [1.165, 1.54) is 0 Å². The highest BCUT2D eigenvalue weighted by Gasteiger charge is 2.11. The van der Waals surface area contributed by atoms with E-state index < -0.39 is 0 Å². The maximum absolute atomic E-state index is 7.31. The summed E-state index contributed by atoms with van der Waals surface area (Å²) in [5.41, 5.74) is 5.41. The molecule has 0 aliphatic carbocycles. The number of methoxy groups -OCH3 is 1. The first-order chi connectivity index (χ1) is 9.17. The van der Waals surface area contributed by atoms with Gasteiger partial charge in [0.1, 0.15) is 12.2 Å². The van der Waals surface area contributed by atoms with Crippen LogP contribution in [0.1, 0.15) is 25.6 Å². The van der Waals surface area contributed by atoms with Crippen LogP contribution >= 0.6 is 0 Å². The van der Waals surface area contributed by atoms with Crippen molar-refractivity contribution in [3.8, 4) is 0 Å². The van der Waals surface area contributed by atoms with Gasteiger partial charge in [-0.25, -0.2) is 9.67 Å². The normalized spacial score (nSPS) is 11.1. The van der Waals surface area contributed by atoms with Crippen LogP contribution in [0.2, 0.25) is 0 Å². The number of rotatable bonds is 10. The van der Waals surface area contributed by atoms with Gasteiger partial charge in [0, 0.05) is 33.2 Å². The van der Waals surface area contributed by atoms with Crippen molar-refractivity contribution >= 4 is 5.84 Å². The average molecular weight is 268 g/mol. The lowest BCUT2D eigenvalue weighted by atomic mass is 10.3. The monoisotopic (exact) mass is 268 g/mol. The predicted octanol–water partition coefficient (Wildman–Crippen LogP) is 0.463. The van der Waals surface area contributed by atoms with E-state index in [1.807, 2.05) is 4.68 Å². The summed E-state index contributed by atoms with van der Waals surface area (Å²) >= 11 is 0. The number of nitrogens with zero attached hydrogens (tertiary/aromatic N) is 4. The van der Waals surface area contributed by atoms with Gasteiger partial charge in [-0.05, 0) is 6.42 Å². The summed E-state index contributed by atoms with van der Waals surface area (Å²) in [4.78, 5) is 6.48. The molecule has 1 aromatic heterocycles. The molecular weight excluding hydrogens is 244 g/mol. The molecule has 7 heteroatoms. The molecule has 0 saturated carbocycles. The summed E-state index contributed by atoms with van der Waals surface area (Å²) in [6.07, 6.45) is 3.18. The first-order valence-electron chi connectivity index (χ1n) is 6.58. The fourth-order valence-electron chi connectivity index (χ4n) is 1.78. The Hall–Kier alpha value is -1.47. The summed E-state index contributed by atoms with van der Waals surface area (Å²) in [7, 11) is 1.68. The Bertz CT molecular complexity index is 378. The summed E-state index contributed by atoms with van der Waals surface area (Å²) in [6, 6.07) is 0. The van der Waals surface area contributed by atoms with E-state index in [4.69, 9.17) is 15.9 Å². The van der Waals surface area contributed by atoms with Crippen LogP contribution in [0.25, 0.3) is 0 Å². The highest BCUT2D eigenvalue weighted by atomic mass is 16.5. The van der Waals surface area contributed by atoms with Gasteiger partial charge in [-0.1, -0.05) is 6.92 Å². The van der Waals surface area contributed by atoms with Crippen LogP contribution in [0.15, 0.2) is 6.33 Å². The fourth-order valence-corrected chi connectivity index (χ4v) is 1.78. The second-order valence-electron chi connectivity index (χ2n) is 4.44. The van der Waals surface area contributed by atoms with Crippen LogP contribution in [-0.4, -0.2) is 52.3 Å². The molecule has 0 atom stereocenters. The van der Waals surface area contributed by atoms with Gasteiger partial charge in [0.15, 0.2) is 0 Å². The van der Waals surface area contributed by atoms with Crippen LogP contribution in [0.4, 0.5) is 0 Å². The molecule has 1 rings (SSSR count). The van der Waals surface area contributed by atoms with E-state index in [0.717, 1.165) is 31.9 Å². The van der Waals surface area contributed by atoms with E-state index in [2.05, 4.69) is 21.9 Å². The number of nitrogens with two attached hydrogens (primary N) is 1. The second kappa shape index (κ2) is 8.60. The minimum Gasteiger partial charge on any atom is -0.388 e. The Kier molecular flexibility index (Phi) is 7.06. The lowest BCUT2D eigenvalue weighted by Crippen LogP contribution is -2.31. The molecule has 3 N–H and O–H groups in total. The molecule has 0 aliphatic heterocycles. The average Bonchev–Trinajstić information content (AvgIpc) is 2.80. The van der Waals surface area contributed by atoms with Crippen molar-refractivity contribution in [3.05, 3.63) is 12.2 Å². The van der Waals surface area contributed by atoms with E-state index in [-0.39, 0.29) is 5.84 Å². The maximum atomic E-state index is 7.31. The van der Waals surface area contributed by atoms with Crippen molar-refractivity contribution in [3.63, 3.8) is 0 Å². The van der Waals surface area contributed by atoms with E-state index in [9.17, 15) is 0 Å². The van der Waals surface area contributed by atoms with Gasteiger partial charge in [-0.2, -0.15) is 5.10 Å². The highest BCUT2D eigenvalue weighted by molar-refractivity contribution is 5.76. The lowest BCUT2D eigenvalue weighted by molar-refractivity contribution is 0.143. The Balaban J connectivity index is 2.58. The third-order valence-corrected chi connectivity index (χ3v) is 2.81. The smallest absolute Gasteiger partial charge is 0.141 e. The molecule has 108 valence electrons. The molecule has 0 radical (unpaired) electrons. The number of ether oxygens (including phenoxy) is 1. The quantitative estimate of drug-likeness (QED) is 0.475. The fraction of sp³-hybridized carbons (Fsp3) is 0.750. The molecule has 7 nitrogen and oxygen atoms in total. The zero-order chi connectivity index (χ0) is 14.1. The van der Waals surface area contributed by atoms with Crippen molar-refractivity contribution < 1.29 is 4.74 Å². The summed E-state index contributed by atoms with van der Waals surface area (Å²) in [5.74, 6) is 1.15. The van der Waals surface area contributed by atoms with Crippen molar-refractivity contribution in [1.82, 2.24) is 19.7 Å². The number of amidine groups is 1. The maximum Gasteiger partial charge on any atom is 0.141 e. The molecular formula is C12H24N6O. The van der Waals surface area contributed by atoms with Crippen LogP contribution in [-0.2, 0) is 17.8 Å². The van der Waals surface area contributed by atoms with Gasteiger partial charge in [0.2, 0.25) is 0 Å². The van der Waals surface area contributed by atoms with Crippen molar-refractivity contribution in [2.45, 2.75) is 32.9 Å². The van der Waals surface area contributed by atoms with Crippen molar-refractivity contribution in [2.24, 2.45) is 5.73 Å². The summed E-state index contributed by atoms with van der Waals surface area (Å²) < 4.78 is 7.03. The van der Waals surface area contributed by atoms with E-state index in [1.54, 1.807) is 13.4 Å². The van der Waals surface area contributed by atoms with Crippen LogP contribution in [0, 0.1) is 5.41 Å². The Labute approximate surface area is 114 Å². The van der Waals surface area contributed by atoms with Gasteiger partial charge >= 0.3 is 0 Å². The molecule has 1 heterocycles. The molecule has 0 saturated heterocycles. The number of nitrogens with one attached hydrogen (secondary N) is 1. The molecule has 0 aliphatic rings. The van der Waals surface area contributed by atoms with Crippen molar-refractivity contribution in [2.75, 3.05) is 26.8 Å². The molecule has 0 bridgehead atoms. The molecule has 0 spiro atoms. The largest absolute Gasteiger partial charge is 0.388 e. The van der Waals surface area contributed by atoms with Gasteiger partial charge in [0.25, 0.3) is 0 Å². The Morgan fingerprint density at radius 3 is 2.95 bits per heavy atom. The number of aryl methyl sites for hydroxylation is 1. The van der Waals surface area contributed by atoms with Crippen molar-refractivity contribution in [1.29, 1.82) is 5.41 Å². The summed E-state index contributed by atoms with van der Waals surface area (Å²) in [5, 5.41) is 11.5. The first kappa shape index (κ1) is 15.6. The topological polar surface area (TPSA) is 93.0 Å². The molecule has 19 heavy (non-hydrogen) atoms. The van der Waals surface area contributed by atoms with Gasteiger partial charge in [-0.15, -0.1) is 0 Å². The first-order valence-corrected chi connectivity index (χ1v) is 6.58. The van der Waals surface area contributed by atoms with Crippen LogP contribution in [0.3, 0.4) is 0 Å². The SMILES string of the molecule is CCCn1ncnc1CN(CCOC)CCC(=N)N. The highest BCUT2D eigenvalue weighted by Crippen LogP contribution is 2.03. The molecule has 0 fully saturated rings. The zero-order valence-corrected chi connectivity index (χ0v) is 11.8. The van der Waals surface area contributed by atoms with Gasteiger partial charge < -0.3 is 10.5 Å². The molecule has 0 aromatic carbocycles. The van der Waals surface area contributed by atoms with E-state index in [0.29, 0.717) is 19.6 Å². The Morgan fingerprint density at radius 1 is 1.53 bits per heavy atom. The Morgan fingerprint density at radius 2 is 2.32 bits per heavy atom. The number of aromatic nitrogens is 3. The zero-order valence-electron chi connectivity index (χ0n) is 11.8. The van der Waals surface area contributed by atoms with Crippen LogP contribution in [0.5, 0.6) is 0 Å². The minimum absolute atomic E-state index is 0.206. The second-order valence-corrected chi connectivity index (χ2v) is 4.44. The van der Waals surface area contributed by atoms with E-state index >= 15 is 0 Å². The summed E-state index contributed by atoms with van der Waals surface area (Å²) in [6.45, 7) is 5.88. The molecule has 0 amide bonds. The molecule has 0 unspecified atom stereocenters. The number of hydrogen-bond donors (Lipinski definition) is 2. The lowest BCUT2D eigenvalue weighted by Gasteiger charge is -2.21. The number of hydrogen-bond acceptors (Lipinski definition) is 5. The third-order valence-electron chi connectivity index (χ3n) is 2.81. The van der Waals surface area contributed by atoms with Gasteiger partial charge in [-0.3, -0.25) is 10.3 Å². The molecule has 1 aromatic rings. The van der Waals surface area contributed by atoms with Crippen LogP contribution < -0.4 is 5.73 Å². The minimum atomic E-state index is 0.206.